The lowest BCUT2D eigenvalue weighted by molar-refractivity contribution is 0.264. The molecule has 0 aliphatic heterocycles. The average Bonchev–Trinajstić information content (AvgIpc) is 2.24. The van der Waals surface area contributed by atoms with E-state index in [1.807, 2.05) is 6.07 Å². The molecule has 2 rings (SSSR count). The minimum absolute atomic E-state index is 0.206. The van der Waals surface area contributed by atoms with E-state index in [1.54, 1.807) is 0 Å². The Balaban J connectivity index is 2.40. The predicted octanol–water partition coefficient (Wildman–Crippen LogP) is 3.53. The molecule has 0 spiro atoms. The number of nitrogens with two attached hydrogens (primary N) is 1. The van der Waals surface area contributed by atoms with E-state index in [0.29, 0.717) is 5.92 Å². The molecule has 16 heavy (non-hydrogen) atoms. The fraction of sp³-hybridized carbons (Fsp3) is 0.571. The minimum Gasteiger partial charge on any atom is -0.330 e. The van der Waals surface area contributed by atoms with E-state index in [2.05, 4.69) is 26.0 Å². The Morgan fingerprint density at radius 3 is 2.88 bits per heavy atom. The van der Waals surface area contributed by atoms with Crippen LogP contribution in [0.15, 0.2) is 18.2 Å². The first-order valence-electron chi connectivity index (χ1n) is 6.04. The molecule has 88 valence electrons. The van der Waals surface area contributed by atoms with Gasteiger partial charge in [-0.25, -0.2) is 0 Å². The summed E-state index contributed by atoms with van der Waals surface area (Å²) in [7, 11) is 0. The van der Waals surface area contributed by atoms with E-state index in [4.69, 9.17) is 17.3 Å². The summed E-state index contributed by atoms with van der Waals surface area (Å²) in [5.41, 5.74) is 8.79. The summed E-state index contributed by atoms with van der Waals surface area (Å²) < 4.78 is 0. The summed E-state index contributed by atoms with van der Waals surface area (Å²) in [4.78, 5) is 0. The van der Waals surface area contributed by atoms with Crippen LogP contribution in [0.2, 0.25) is 5.02 Å². The van der Waals surface area contributed by atoms with Gasteiger partial charge in [-0.3, -0.25) is 0 Å². The molecule has 1 atom stereocenters. The standard InChI is InChI=1S/C14H20ClN/c1-14(2)11(7-8-16)5-3-10-4-6-12(15)9-13(10)14/h4,6,9,11H,3,5,7-8,16H2,1-2H3. The second-order valence-electron chi connectivity index (χ2n) is 5.34. The van der Waals surface area contributed by atoms with Crippen LogP contribution >= 0.6 is 11.6 Å². The molecule has 0 heterocycles. The first-order chi connectivity index (χ1) is 7.55. The molecular weight excluding hydrogens is 218 g/mol. The van der Waals surface area contributed by atoms with Crippen molar-refractivity contribution in [1.29, 1.82) is 0 Å². The number of fused-ring (bicyclic) bond motifs is 1. The number of hydrogen-bond acceptors (Lipinski definition) is 1. The topological polar surface area (TPSA) is 26.0 Å². The van der Waals surface area contributed by atoms with Crippen LogP contribution in [-0.2, 0) is 11.8 Å². The van der Waals surface area contributed by atoms with Crippen LogP contribution in [0.5, 0.6) is 0 Å². The highest BCUT2D eigenvalue weighted by molar-refractivity contribution is 6.30. The molecule has 0 radical (unpaired) electrons. The molecule has 1 aliphatic rings. The second-order valence-corrected chi connectivity index (χ2v) is 5.77. The highest BCUT2D eigenvalue weighted by atomic mass is 35.5. The molecule has 0 fully saturated rings. The van der Waals surface area contributed by atoms with Gasteiger partial charge in [-0.2, -0.15) is 0 Å². The lowest BCUT2D eigenvalue weighted by Gasteiger charge is -2.40. The monoisotopic (exact) mass is 237 g/mol. The Morgan fingerprint density at radius 2 is 2.19 bits per heavy atom. The molecule has 0 saturated carbocycles. The van der Waals surface area contributed by atoms with Crippen LogP contribution < -0.4 is 5.73 Å². The van der Waals surface area contributed by atoms with E-state index in [1.165, 1.54) is 24.0 Å². The lowest BCUT2D eigenvalue weighted by atomic mass is 9.64. The lowest BCUT2D eigenvalue weighted by Crippen LogP contribution is -2.35. The highest BCUT2D eigenvalue weighted by Gasteiger charge is 2.35. The van der Waals surface area contributed by atoms with Crippen molar-refractivity contribution in [2.45, 2.75) is 38.5 Å². The van der Waals surface area contributed by atoms with Crippen LogP contribution in [0.4, 0.5) is 0 Å². The summed E-state index contributed by atoms with van der Waals surface area (Å²) in [5, 5.41) is 0.847. The molecule has 1 unspecified atom stereocenters. The molecule has 1 nitrogen and oxygen atoms in total. The molecule has 0 saturated heterocycles. The summed E-state index contributed by atoms with van der Waals surface area (Å²) in [5.74, 6) is 0.684. The van der Waals surface area contributed by atoms with Crippen molar-refractivity contribution >= 4 is 11.6 Å². The Morgan fingerprint density at radius 1 is 1.44 bits per heavy atom. The van der Waals surface area contributed by atoms with Gasteiger partial charge in [0, 0.05) is 5.02 Å². The molecule has 1 aromatic rings. The minimum atomic E-state index is 0.206. The van der Waals surface area contributed by atoms with Crippen LogP contribution in [0, 0.1) is 5.92 Å². The smallest absolute Gasteiger partial charge is 0.0409 e. The molecular formula is C14H20ClN. The third-order valence-electron chi connectivity index (χ3n) is 4.06. The number of rotatable bonds is 2. The summed E-state index contributed by atoms with van der Waals surface area (Å²) in [6.45, 7) is 5.42. The Kier molecular flexibility index (Phi) is 3.27. The van der Waals surface area contributed by atoms with E-state index in [9.17, 15) is 0 Å². The second kappa shape index (κ2) is 4.38. The van der Waals surface area contributed by atoms with E-state index in [0.717, 1.165) is 18.0 Å². The quantitative estimate of drug-likeness (QED) is 0.837. The van der Waals surface area contributed by atoms with E-state index < -0.39 is 0 Å². The number of halogens is 1. The maximum atomic E-state index is 6.10. The van der Waals surface area contributed by atoms with Gasteiger partial charge >= 0.3 is 0 Å². The largest absolute Gasteiger partial charge is 0.330 e. The highest BCUT2D eigenvalue weighted by Crippen LogP contribution is 2.43. The van der Waals surface area contributed by atoms with Crippen molar-refractivity contribution < 1.29 is 0 Å². The molecule has 1 aliphatic carbocycles. The van der Waals surface area contributed by atoms with Crippen molar-refractivity contribution in [2.24, 2.45) is 11.7 Å². The zero-order valence-electron chi connectivity index (χ0n) is 10.1. The number of hydrogen-bond donors (Lipinski definition) is 1. The van der Waals surface area contributed by atoms with Crippen molar-refractivity contribution in [3.05, 3.63) is 34.3 Å². The summed E-state index contributed by atoms with van der Waals surface area (Å²) >= 11 is 6.10. The number of benzene rings is 1. The van der Waals surface area contributed by atoms with Crippen molar-refractivity contribution in [3.8, 4) is 0 Å². The van der Waals surface area contributed by atoms with Crippen LogP contribution in [0.25, 0.3) is 0 Å². The van der Waals surface area contributed by atoms with Gasteiger partial charge in [-0.1, -0.05) is 31.5 Å². The number of aryl methyl sites for hydroxylation is 1. The van der Waals surface area contributed by atoms with Gasteiger partial charge in [0.2, 0.25) is 0 Å². The van der Waals surface area contributed by atoms with Gasteiger partial charge in [0.25, 0.3) is 0 Å². The van der Waals surface area contributed by atoms with Crippen LogP contribution in [-0.4, -0.2) is 6.54 Å². The molecule has 0 amide bonds. The fourth-order valence-corrected chi connectivity index (χ4v) is 3.16. The van der Waals surface area contributed by atoms with Gasteiger partial charge in [0.1, 0.15) is 0 Å². The zero-order valence-corrected chi connectivity index (χ0v) is 10.8. The summed E-state index contributed by atoms with van der Waals surface area (Å²) in [6.07, 6.45) is 3.53. The van der Waals surface area contributed by atoms with Gasteiger partial charge in [-0.15, -0.1) is 0 Å². The van der Waals surface area contributed by atoms with Crippen LogP contribution in [0.1, 0.15) is 37.8 Å². The molecule has 2 heteroatoms. The van der Waals surface area contributed by atoms with Crippen molar-refractivity contribution in [2.75, 3.05) is 6.54 Å². The molecule has 0 aromatic heterocycles. The average molecular weight is 238 g/mol. The Bertz CT molecular complexity index is 384. The maximum Gasteiger partial charge on any atom is 0.0409 e. The van der Waals surface area contributed by atoms with Gasteiger partial charge in [-0.05, 0) is 60.4 Å². The Hall–Kier alpha value is -0.530. The van der Waals surface area contributed by atoms with Crippen molar-refractivity contribution in [3.63, 3.8) is 0 Å². The first-order valence-corrected chi connectivity index (χ1v) is 6.42. The van der Waals surface area contributed by atoms with E-state index >= 15 is 0 Å². The van der Waals surface area contributed by atoms with Crippen molar-refractivity contribution in [1.82, 2.24) is 0 Å². The van der Waals surface area contributed by atoms with Gasteiger partial charge in [0.15, 0.2) is 0 Å². The zero-order chi connectivity index (χ0) is 11.8. The van der Waals surface area contributed by atoms with Gasteiger partial charge < -0.3 is 5.73 Å². The summed E-state index contributed by atoms with van der Waals surface area (Å²) in [6, 6.07) is 6.32. The van der Waals surface area contributed by atoms with Crippen LogP contribution in [0.3, 0.4) is 0 Å². The Labute approximate surface area is 103 Å². The van der Waals surface area contributed by atoms with E-state index in [-0.39, 0.29) is 5.41 Å². The molecule has 2 N–H and O–H groups in total. The predicted molar refractivity (Wildman–Crippen MR) is 70.0 cm³/mol. The third kappa shape index (κ3) is 1.99. The SMILES string of the molecule is CC1(C)c2cc(Cl)ccc2CCC1CCN. The molecule has 0 bridgehead atoms. The third-order valence-corrected chi connectivity index (χ3v) is 4.30. The maximum absolute atomic E-state index is 6.10. The normalized spacial score (nSPS) is 22.9. The first kappa shape index (κ1) is 11.9. The van der Waals surface area contributed by atoms with Gasteiger partial charge in [0.05, 0.1) is 0 Å². The molecule has 1 aromatic carbocycles. The fourth-order valence-electron chi connectivity index (χ4n) is 2.98.